The Morgan fingerprint density at radius 3 is 2.48 bits per heavy atom. The summed E-state index contributed by atoms with van der Waals surface area (Å²) in [5.74, 6) is -0.372. The number of benzene rings is 1. The molecule has 1 atom stereocenters. The maximum atomic E-state index is 12.9. The van der Waals surface area contributed by atoms with Crippen LogP contribution in [0.3, 0.4) is 0 Å². The average Bonchev–Trinajstić information content (AvgIpc) is 2.43. The number of carbonyl (C=O) groups is 1. The molecule has 3 nitrogen and oxygen atoms in total. The SMILES string of the molecule is COCCCNC(=O)C(C)(CC(F)F)c1ccc(C)cc1. The van der Waals surface area contributed by atoms with Gasteiger partial charge in [-0.1, -0.05) is 29.8 Å². The van der Waals surface area contributed by atoms with Crippen molar-refractivity contribution in [2.24, 2.45) is 0 Å². The zero-order valence-electron chi connectivity index (χ0n) is 12.8. The number of aryl methyl sites for hydroxylation is 1. The van der Waals surface area contributed by atoms with Crippen molar-refractivity contribution in [2.45, 2.75) is 38.5 Å². The third-order valence-electron chi connectivity index (χ3n) is 3.56. The lowest BCUT2D eigenvalue weighted by atomic mass is 9.78. The molecule has 1 N–H and O–H groups in total. The molecule has 1 amide bonds. The highest BCUT2D eigenvalue weighted by molar-refractivity contribution is 5.87. The molecule has 0 heterocycles. The predicted octanol–water partition coefficient (Wildman–Crippen LogP) is 3.06. The Labute approximate surface area is 124 Å². The number of amides is 1. The number of carbonyl (C=O) groups excluding carboxylic acids is 1. The number of alkyl halides is 2. The van der Waals surface area contributed by atoms with Crippen LogP contribution < -0.4 is 5.32 Å². The van der Waals surface area contributed by atoms with Crippen LogP contribution in [0, 0.1) is 6.92 Å². The highest BCUT2D eigenvalue weighted by Gasteiger charge is 2.37. The van der Waals surface area contributed by atoms with Crippen LogP contribution in [0.4, 0.5) is 8.78 Å². The zero-order chi connectivity index (χ0) is 15.9. The Morgan fingerprint density at radius 2 is 1.95 bits per heavy atom. The Morgan fingerprint density at radius 1 is 1.33 bits per heavy atom. The second-order valence-corrected chi connectivity index (χ2v) is 5.40. The fourth-order valence-corrected chi connectivity index (χ4v) is 2.19. The van der Waals surface area contributed by atoms with E-state index in [0.717, 1.165) is 5.56 Å². The topological polar surface area (TPSA) is 38.3 Å². The van der Waals surface area contributed by atoms with E-state index < -0.39 is 18.3 Å². The van der Waals surface area contributed by atoms with Gasteiger partial charge in [0, 0.05) is 26.7 Å². The Bertz CT molecular complexity index is 448. The first kappa shape index (κ1) is 17.6. The predicted molar refractivity (Wildman–Crippen MR) is 78.7 cm³/mol. The number of halogens is 2. The van der Waals surface area contributed by atoms with Gasteiger partial charge in [0.1, 0.15) is 0 Å². The Kier molecular flexibility index (Phi) is 6.75. The molecule has 5 heteroatoms. The summed E-state index contributed by atoms with van der Waals surface area (Å²) in [4.78, 5) is 12.4. The summed E-state index contributed by atoms with van der Waals surface area (Å²) in [6.07, 6.45) is -2.38. The zero-order valence-corrected chi connectivity index (χ0v) is 12.8. The summed E-state index contributed by atoms with van der Waals surface area (Å²) in [5, 5.41) is 2.72. The van der Waals surface area contributed by atoms with Gasteiger partial charge in [-0.3, -0.25) is 4.79 Å². The van der Waals surface area contributed by atoms with Crippen LogP contribution in [0.2, 0.25) is 0 Å². The van der Waals surface area contributed by atoms with Crippen LogP contribution >= 0.6 is 0 Å². The molecular formula is C16H23F2NO2. The number of nitrogens with one attached hydrogen (secondary N) is 1. The van der Waals surface area contributed by atoms with Gasteiger partial charge in [-0.15, -0.1) is 0 Å². The van der Waals surface area contributed by atoms with Crippen molar-refractivity contribution >= 4 is 5.91 Å². The van der Waals surface area contributed by atoms with E-state index in [9.17, 15) is 13.6 Å². The Hall–Kier alpha value is -1.49. The lowest BCUT2D eigenvalue weighted by Crippen LogP contribution is -2.44. The van der Waals surface area contributed by atoms with Gasteiger partial charge in [0.15, 0.2) is 0 Å². The fraction of sp³-hybridized carbons (Fsp3) is 0.562. The van der Waals surface area contributed by atoms with Crippen molar-refractivity contribution in [3.8, 4) is 0 Å². The van der Waals surface area contributed by atoms with Crippen LogP contribution in [-0.2, 0) is 14.9 Å². The number of hydrogen-bond donors (Lipinski definition) is 1. The van der Waals surface area contributed by atoms with E-state index in [2.05, 4.69) is 5.32 Å². The standard InChI is InChI=1S/C16H23F2NO2/c1-12-5-7-13(8-6-12)16(2,11-14(17)18)15(20)19-9-4-10-21-3/h5-8,14H,4,9-11H2,1-3H3,(H,19,20). The molecule has 21 heavy (non-hydrogen) atoms. The lowest BCUT2D eigenvalue weighted by molar-refractivity contribution is -0.127. The summed E-state index contributed by atoms with van der Waals surface area (Å²) in [6, 6.07) is 7.15. The molecule has 118 valence electrons. The Balaban J connectivity index is 2.87. The quantitative estimate of drug-likeness (QED) is 0.749. The number of ether oxygens (including phenoxy) is 1. The summed E-state index contributed by atoms with van der Waals surface area (Å²) < 4.78 is 30.7. The summed E-state index contributed by atoms with van der Waals surface area (Å²) >= 11 is 0. The highest BCUT2D eigenvalue weighted by atomic mass is 19.3. The maximum absolute atomic E-state index is 12.9. The van der Waals surface area contributed by atoms with Crippen LogP contribution in [0.1, 0.15) is 30.9 Å². The molecule has 0 saturated carbocycles. The van der Waals surface area contributed by atoms with Gasteiger partial charge in [0.2, 0.25) is 12.3 Å². The minimum absolute atomic E-state index is 0.372. The molecule has 1 aromatic rings. The molecule has 0 fully saturated rings. The van der Waals surface area contributed by atoms with Crippen molar-refractivity contribution in [1.82, 2.24) is 5.32 Å². The first-order valence-corrected chi connectivity index (χ1v) is 7.02. The molecule has 0 aliphatic rings. The molecule has 0 aliphatic carbocycles. The molecule has 0 saturated heterocycles. The van der Waals surface area contributed by atoms with Crippen LogP contribution in [0.15, 0.2) is 24.3 Å². The average molecular weight is 299 g/mol. The molecule has 1 unspecified atom stereocenters. The van der Waals surface area contributed by atoms with E-state index in [1.165, 1.54) is 0 Å². The van der Waals surface area contributed by atoms with Gasteiger partial charge in [-0.2, -0.15) is 0 Å². The van der Waals surface area contributed by atoms with Gasteiger partial charge in [0.25, 0.3) is 0 Å². The third-order valence-corrected chi connectivity index (χ3v) is 3.56. The van der Waals surface area contributed by atoms with E-state index in [-0.39, 0.29) is 5.91 Å². The van der Waals surface area contributed by atoms with E-state index >= 15 is 0 Å². The van der Waals surface area contributed by atoms with Crippen LogP contribution in [0.25, 0.3) is 0 Å². The number of hydrogen-bond acceptors (Lipinski definition) is 2. The maximum Gasteiger partial charge on any atom is 0.240 e. The van der Waals surface area contributed by atoms with Gasteiger partial charge < -0.3 is 10.1 Å². The minimum Gasteiger partial charge on any atom is -0.385 e. The van der Waals surface area contributed by atoms with Crippen molar-refractivity contribution in [3.05, 3.63) is 35.4 Å². The second-order valence-electron chi connectivity index (χ2n) is 5.40. The molecule has 1 aromatic carbocycles. The van der Waals surface area contributed by atoms with Gasteiger partial charge >= 0.3 is 0 Å². The van der Waals surface area contributed by atoms with E-state index in [1.807, 2.05) is 19.1 Å². The van der Waals surface area contributed by atoms with Gasteiger partial charge in [-0.05, 0) is 25.8 Å². The molecule has 0 aromatic heterocycles. The molecule has 1 rings (SSSR count). The van der Waals surface area contributed by atoms with E-state index in [1.54, 1.807) is 26.2 Å². The van der Waals surface area contributed by atoms with Crippen molar-refractivity contribution in [1.29, 1.82) is 0 Å². The van der Waals surface area contributed by atoms with Gasteiger partial charge in [-0.25, -0.2) is 8.78 Å². The van der Waals surface area contributed by atoms with Crippen molar-refractivity contribution in [3.63, 3.8) is 0 Å². The fourth-order valence-electron chi connectivity index (χ4n) is 2.19. The monoisotopic (exact) mass is 299 g/mol. The number of rotatable bonds is 8. The third kappa shape index (κ3) is 5.08. The van der Waals surface area contributed by atoms with E-state index in [4.69, 9.17) is 4.74 Å². The lowest BCUT2D eigenvalue weighted by Gasteiger charge is -2.29. The molecule has 0 radical (unpaired) electrons. The second kappa shape index (κ2) is 8.08. The van der Waals surface area contributed by atoms with Crippen molar-refractivity contribution < 1.29 is 18.3 Å². The highest BCUT2D eigenvalue weighted by Crippen LogP contribution is 2.31. The summed E-state index contributed by atoms with van der Waals surface area (Å²) in [5.41, 5.74) is 0.408. The minimum atomic E-state index is -2.54. The largest absolute Gasteiger partial charge is 0.385 e. The first-order valence-electron chi connectivity index (χ1n) is 7.02. The number of methoxy groups -OCH3 is 1. The molecule has 0 spiro atoms. The normalized spacial score (nSPS) is 14.0. The molecular weight excluding hydrogens is 276 g/mol. The van der Waals surface area contributed by atoms with Crippen LogP contribution in [0.5, 0.6) is 0 Å². The molecule has 0 bridgehead atoms. The first-order chi connectivity index (χ1) is 9.90. The van der Waals surface area contributed by atoms with Crippen LogP contribution in [-0.4, -0.2) is 32.6 Å². The van der Waals surface area contributed by atoms with Crippen molar-refractivity contribution in [2.75, 3.05) is 20.3 Å². The smallest absolute Gasteiger partial charge is 0.240 e. The van der Waals surface area contributed by atoms with E-state index in [0.29, 0.717) is 25.1 Å². The summed E-state index contributed by atoms with van der Waals surface area (Å²) in [6.45, 7) is 4.42. The summed E-state index contributed by atoms with van der Waals surface area (Å²) in [7, 11) is 1.58. The van der Waals surface area contributed by atoms with Gasteiger partial charge in [0.05, 0.1) is 5.41 Å². The molecule has 0 aliphatic heterocycles.